The number of ether oxygens (including phenoxy) is 1. The van der Waals surface area contributed by atoms with Gasteiger partial charge in [-0.25, -0.2) is 0 Å². The molecule has 0 aromatic heterocycles. The van der Waals surface area contributed by atoms with E-state index in [-0.39, 0.29) is 5.97 Å². The van der Waals surface area contributed by atoms with E-state index in [0.29, 0.717) is 19.3 Å². The SMILES string of the molecule is CCCCC(=O)OC1CC2(c3ccccc3)CCC1(c1ccccc1)N2[O]. The van der Waals surface area contributed by atoms with E-state index < -0.39 is 17.2 Å². The second kappa shape index (κ2) is 7.10. The summed E-state index contributed by atoms with van der Waals surface area (Å²) in [6, 6.07) is 19.8. The lowest BCUT2D eigenvalue weighted by molar-refractivity contribution is -0.251. The van der Waals surface area contributed by atoms with Crippen LogP contribution in [0.25, 0.3) is 0 Å². The van der Waals surface area contributed by atoms with Gasteiger partial charge >= 0.3 is 5.97 Å². The largest absolute Gasteiger partial charge is 0.460 e. The van der Waals surface area contributed by atoms with Gasteiger partial charge in [0.15, 0.2) is 0 Å². The van der Waals surface area contributed by atoms with Crippen molar-refractivity contribution >= 4 is 5.97 Å². The summed E-state index contributed by atoms with van der Waals surface area (Å²) in [6.07, 6.45) is 3.78. The summed E-state index contributed by atoms with van der Waals surface area (Å²) in [4.78, 5) is 12.4. The van der Waals surface area contributed by atoms with Gasteiger partial charge in [-0.15, -0.1) is 10.3 Å². The minimum atomic E-state index is -0.793. The minimum absolute atomic E-state index is 0.193. The number of carbonyl (C=O) groups excluding carboxylic acids is 1. The van der Waals surface area contributed by atoms with E-state index in [0.717, 1.165) is 30.4 Å². The number of hydrogen-bond acceptors (Lipinski definition) is 3. The Kier molecular flexibility index (Phi) is 4.79. The molecule has 1 radical (unpaired) electrons. The maximum absolute atomic E-state index is 13.7. The first kappa shape index (κ1) is 18.2. The summed E-state index contributed by atoms with van der Waals surface area (Å²) in [6.45, 7) is 2.06. The minimum Gasteiger partial charge on any atom is -0.460 e. The van der Waals surface area contributed by atoms with E-state index in [4.69, 9.17) is 4.74 Å². The van der Waals surface area contributed by atoms with Crippen LogP contribution in [0.5, 0.6) is 0 Å². The van der Waals surface area contributed by atoms with Gasteiger partial charge in [0.25, 0.3) is 0 Å². The number of hydrogen-bond donors (Lipinski definition) is 0. The van der Waals surface area contributed by atoms with Crippen LogP contribution in [0.4, 0.5) is 0 Å². The molecular weight excluding hydrogens is 338 g/mol. The van der Waals surface area contributed by atoms with Crippen LogP contribution in [-0.2, 0) is 25.8 Å². The molecule has 2 aliphatic heterocycles. The van der Waals surface area contributed by atoms with E-state index in [1.54, 1.807) is 0 Å². The molecule has 2 fully saturated rings. The maximum atomic E-state index is 13.7. The second-order valence-electron chi connectivity index (χ2n) is 7.77. The van der Waals surface area contributed by atoms with E-state index in [1.807, 2.05) is 60.7 Å². The highest BCUT2D eigenvalue weighted by molar-refractivity contribution is 5.70. The molecule has 4 heteroatoms. The standard InChI is InChI=1S/C23H26NO3/c1-2-3-14-21(25)27-20-17-22(18-10-6-4-7-11-18)15-16-23(20,24(22)26)19-12-8-5-9-13-19/h4-13,20H,2-3,14-17H2,1H3. The van der Waals surface area contributed by atoms with Crippen LogP contribution < -0.4 is 0 Å². The molecule has 0 aliphatic carbocycles. The molecule has 4 rings (SSSR count). The summed E-state index contributed by atoms with van der Waals surface area (Å²) in [5, 5.41) is 15.0. The molecule has 0 N–H and O–H groups in total. The summed E-state index contributed by atoms with van der Waals surface area (Å²) < 4.78 is 5.94. The van der Waals surface area contributed by atoms with Crippen molar-refractivity contribution in [2.45, 2.75) is 62.6 Å². The zero-order valence-electron chi connectivity index (χ0n) is 15.8. The Hall–Kier alpha value is -2.17. The molecule has 0 spiro atoms. The van der Waals surface area contributed by atoms with Crippen molar-refractivity contribution in [1.29, 1.82) is 0 Å². The summed E-state index contributed by atoms with van der Waals surface area (Å²) in [5.74, 6) is -0.193. The fourth-order valence-electron chi connectivity index (χ4n) is 4.91. The summed E-state index contributed by atoms with van der Waals surface area (Å²) in [7, 11) is 0. The third-order valence-electron chi connectivity index (χ3n) is 6.32. The van der Waals surface area contributed by atoms with E-state index in [9.17, 15) is 10.0 Å². The molecule has 2 aromatic carbocycles. The summed E-state index contributed by atoms with van der Waals surface area (Å²) >= 11 is 0. The molecule has 0 amide bonds. The molecule has 2 bridgehead atoms. The molecular formula is C23H26NO3. The van der Waals surface area contributed by atoms with Gasteiger partial charge in [-0.1, -0.05) is 74.0 Å². The van der Waals surface area contributed by atoms with Gasteiger partial charge in [0.2, 0.25) is 0 Å². The smallest absolute Gasteiger partial charge is 0.306 e. The zero-order chi connectivity index (χ0) is 18.9. The Labute approximate surface area is 160 Å². The number of hydroxylamine groups is 2. The number of unbranched alkanes of at least 4 members (excludes halogenated alkanes) is 1. The molecule has 2 aliphatic rings. The van der Waals surface area contributed by atoms with Crippen molar-refractivity contribution in [1.82, 2.24) is 5.06 Å². The lowest BCUT2D eigenvalue weighted by Crippen LogP contribution is -2.45. The molecule has 3 unspecified atom stereocenters. The molecule has 141 valence electrons. The fraction of sp³-hybridized carbons (Fsp3) is 0.435. The molecule has 0 saturated carbocycles. The van der Waals surface area contributed by atoms with Crippen LogP contribution in [0.1, 0.15) is 56.6 Å². The monoisotopic (exact) mass is 364 g/mol. The molecule has 2 aromatic rings. The average molecular weight is 364 g/mol. The number of carbonyl (C=O) groups is 1. The average Bonchev–Trinajstić information content (AvgIpc) is 3.14. The Bertz CT molecular complexity index is 794. The first-order chi connectivity index (χ1) is 13.1. The first-order valence-electron chi connectivity index (χ1n) is 9.91. The lowest BCUT2D eigenvalue weighted by atomic mass is 9.74. The van der Waals surface area contributed by atoms with Gasteiger partial charge in [-0.3, -0.25) is 4.79 Å². The van der Waals surface area contributed by atoms with Crippen molar-refractivity contribution < 1.29 is 14.7 Å². The number of fused-ring (bicyclic) bond motifs is 2. The van der Waals surface area contributed by atoms with Crippen LogP contribution in [0, 0.1) is 0 Å². The highest BCUT2D eigenvalue weighted by atomic mass is 16.6. The van der Waals surface area contributed by atoms with Gasteiger partial charge in [-0.05, 0) is 30.4 Å². The third kappa shape index (κ3) is 2.79. The Balaban J connectivity index is 1.73. The van der Waals surface area contributed by atoms with E-state index in [1.165, 1.54) is 5.06 Å². The third-order valence-corrected chi connectivity index (χ3v) is 6.32. The number of nitrogens with zero attached hydrogens (tertiary/aromatic N) is 1. The Morgan fingerprint density at radius 2 is 1.67 bits per heavy atom. The first-order valence-corrected chi connectivity index (χ1v) is 9.91. The fourth-order valence-corrected chi connectivity index (χ4v) is 4.91. The van der Waals surface area contributed by atoms with Crippen LogP contribution in [0.2, 0.25) is 0 Å². The van der Waals surface area contributed by atoms with E-state index >= 15 is 0 Å². The molecule has 2 saturated heterocycles. The van der Waals surface area contributed by atoms with E-state index in [2.05, 4.69) is 6.92 Å². The Morgan fingerprint density at radius 3 is 2.30 bits per heavy atom. The zero-order valence-corrected chi connectivity index (χ0v) is 15.8. The summed E-state index contributed by atoms with van der Waals surface area (Å²) in [5.41, 5.74) is 0.555. The highest BCUT2D eigenvalue weighted by Crippen LogP contribution is 2.62. The topological polar surface area (TPSA) is 49.4 Å². The second-order valence-corrected chi connectivity index (χ2v) is 7.77. The van der Waals surface area contributed by atoms with Crippen molar-refractivity contribution in [2.75, 3.05) is 0 Å². The quantitative estimate of drug-likeness (QED) is 0.697. The molecule has 3 atom stereocenters. The predicted molar refractivity (Wildman–Crippen MR) is 102 cm³/mol. The molecule has 4 nitrogen and oxygen atoms in total. The van der Waals surface area contributed by atoms with Gasteiger partial charge in [0.05, 0.1) is 5.54 Å². The maximum Gasteiger partial charge on any atom is 0.306 e. The predicted octanol–water partition coefficient (Wildman–Crippen LogP) is 4.72. The van der Waals surface area contributed by atoms with Crippen molar-refractivity contribution in [2.24, 2.45) is 0 Å². The number of esters is 1. The van der Waals surface area contributed by atoms with Gasteiger partial charge in [0, 0.05) is 12.8 Å². The van der Waals surface area contributed by atoms with Crippen LogP contribution in [-0.4, -0.2) is 17.1 Å². The van der Waals surface area contributed by atoms with Crippen LogP contribution in [0.15, 0.2) is 60.7 Å². The molecule has 27 heavy (non-hydrogen) atoms. The number of rotatable bonds is 6. The van der Waals surface area contributed by atoms with Crippen LogP contribution >= 0.6 is 0 Å². The van der Waals surface area contributed by atoms with Crippen molar-refractivity contribution in [3.63, 3.8) is 0 Å². The van der Waals surface area contributed by atoms with Gasteiger partial charge in [0.1, 0.15) is 11.6 Å². The lowest BCUT2D eigenvalue weighted by Gasteiger charge is -2.35. The van der Waals surface area contributed by atoms with Gasteiger partial charge < -0.3 is 4.74 Å². The van der Waals surface area contributed by atoms with Gasteiger partial charge in [-0.2, -0.15) is 0 Å². The highest BCUT2D eigenvalue weighted by Gasteiger charge is 2.69. The molecule has 2 heterocycles. The van der Waals surface area contributed by atoms with Crippen molar-refractivity contribution in [3.8, 4) is 0 Å². The van der Waals surface area contributed by atoms with Crippen molar-refractivity contribution in [3.05, 3.63) is 71.8 Å². The van der Waals surface area contributed by atoms with Crippen LogP contribution in [0.3, 0.4) is 0 Å². The normalized spacial score (nSPS) is 29.8. The Morgan fingerprint density at radius 1 is 1.04 bits per heavy atom. The number of benzene rings is 2.